The third kappa shape index (κ3) is 3.60. The summed E-state index contributed by atoms with van der Waals surface area (Å²) in [5.41, 5.74) is 1.20. The van der Waals surface area contributed by atoms with E-state index in [1.54, 1.807) is 15.9 Å². The summed E-state index contributed by atoms with van der Waals surface area (Å²) in [6.45, 7) is 3.70. The molecule has 0 bridgehead atoms. The van der Waals surface area contributed by atoms with Gasteiger partial charge in [-0.25, -0.2) is 0 Å². The number of aromatic nitrogens is 1. The molecule has 2 fully saturated rings. The summed E-state index contributed by atoms with van der Waals surface area (Å²) in [6, 6.07) is 11.3. The van der Waals surface area contributed by atoms with Crippen molar-refractivity contribution in [3.8, 4) is 0 Å². The molecule has 0 unspecified atom stereocenters. The molecule has 142 valence electrons. The van der Waals surface area contributed by atoms with Gasteiger partial charge in [-0.05, 0) is 18.6 Å². The molecule has 0 N–H and O–H groups in total. The monoisotopic (exact) mass is 369 g/mol. The van der Waals surface area contributed by atoms with Gasteiger partial charge in [0.1, 0.15) is 12.4 Å². The number of carbonyl (C=O) groups is 2. The lowest BCUT2D eigenvalue weighted by atomic mass is 9.93. The molecule has 7 nitrogen and oxygen atoms in total. The Labute approximate surface area is 157 Å². The molecule has 2 aliphatic rings. The molecule has 1 aromatic carbocycles. The third-order valence-electron chi connectivity index (χ3n) is 5.28. The van der Waals surface area contributed by atoms with Gasteiger partial charge in [0.05, 0.1) is 6.10 Å². The zero-order valence-corrected chi connectivity index (χ0v) is 15.3. The van der Waals surface area contributed by atoms with Crippen LogP contribution in [0.5, 0.6) is 0 Å². The van der Waals surface area contributed by atoms with Gasteiger partial charge in [-0.15, -0.1) is 0 Å². The molecule has 0 radical (unpaired) electrons. The van der Waals surface area contributed by atoms with E-state index < -0.39 is 0 Å². The van der Waals surface area contributed by atoms with Crippen LogP contribution in [0.4, 0.5) is 5.69 Å². The average molecular weight is 369 g/mol. The van der Waals surface area contributed by atoms with E-state index >= 15 is 0 Å². The zero-order valence-electron chi connectivity index (χ0n) is 15.3. The molecule has 4 rings (SSSR count). The van der Waals surface area contributed by atoms with Gasteiger partial charge in [0.2, 0.25) is 0 Å². The molecule has 2 aromatic rings. The second-order valence-corrected chi connectivity index (χ2v) is 7.02. The number of aryl methyl sites for hydroxylation is 1. The van der Waals surface area contributed by atoms with E-state index in [1.165, 1.54) is 0 Å². The van der Waals surface area contributed by atoms with Crippen LogP contribution in [0.1, 0.15) is 29.6 Å². The molecule has 7 heteroatoms. The number of hydrogen-bond donors (Lipinski definition) is 0. The lowest BCUT2D eigenvalue weighted by Crippen LogP contribution is -2.49. The fraction of sp³-hybridized carbons (Fsp3) is 0.450. The predicted octanol–water partition coefficient (Wildman–Crippen LogP) is 2.13. The van der Waals surface area contributed by atoms with Crippen LogP contribution in [0, 0.1) is 5.92 Å². The van der Waals surface area contributed by atoms with Crippen LogP contribution in [0.2, 0.25) is 0 Å². The average Bonchev–Trinajstić information content (AvgIpc) is 3.13. The molecule has 27 heavy (non-hydrogen) atoms. The van der Waals surface area contributed by atoms with E-state index in [9.17, 15) is 9.59 Å². The maximum atomic E-state index is 12.8. The SMILES string of the molecule is CCc1cc(C(=O)N2CC[C@@H]3OCC(=O)N(c4ccccc4)C[C@H]3C2)no1. The summed E-state index contributed by atoms with van der Waals surface area (Å²) in [6.07, 6.45) is 1.40. The Kier molecular flexibility index (Phi) is 4.94. The molecule has 3 heterocycles. The molecule has 2 amide bonds. The van der Waals surface area contributed by atoms with Gasteiger partial charge in [0.25, 0.3) is 11.8 Å². The van der Waals surface area contributed by atoms with Gasteiger partial charge in [-0.2, -0.15) is 0 Å². The Morgan fingerprint density at radius 1 is 1.26 bits per heavy atom. The number of hydrogen-bond acceptors (Lipinski definition) is 5. The van der Waals surface area contributed by atoms with Crippen molar-refractivity contribution in [1.29, 1.82) is 0 Å². The summed E-state index contributed by atoms with van der Waals surface area (Å²) in [5, 5.41) is 3.90. The molecule has 0 aliphatic carbocycles. The topological polar surface area (TPSA) is 75.9 Å². The van der Waals surface area contributed by atoms with Crippen molar-refractivity contribution in [1.82, 2.24) is 10.1 Å². The Morgan fingerprint density at radius 2 is 2.07 bits per heavy atom. The lowest BCUT2D eigenvalue weighted by molar-refractivity contribution is -0.124. The number of anilines is 1. The summed E-state index contributed by atoms with van der Waals surface area (Å²) >= 11 is 0. The third-order valence-corrected chi connectivity index (χ3v) is 5.28. The number of para-hydroxylation sites is 1. The van der Waals surface area contributed by atoms with Crippen LogP contribution in [-0.2, 0) is 16.0 Å². The van der Waals surface area contributed by atoms with Gasteiger partial charge in [-0.3, -0.25) is 9.59 Å². The standard InChI is InChI=1S/C20H23N3O4/c1-2-16-10-17(21-27-16)20(25)22-9-8-18-14(11-22)12-23(19(24)13-26-18)15-6-4-3-5-7-15/h3-7,10,14,18H,2,8-9,11-13H2,1H3/t14-,18+/m1/s1. The first-order chi connectivity index (χ1) is 13.2. The number of amides is 2. The molecule has 2 atom stereocenters. The first-order valence-corrected chi connectivity index (χ1v) is 9.37. The largest absolute Gasteiger partial charge is 0.368 e. The number of carbonyl (C=O) groups excluding carboxylic acids is 2. The lowest BCUT2D eigenvalue weighted by Gasteiger charge is -2.37. The van der Waals surface area contributed by atoms with Crippen LogP contribution >= 0.6 is 0 Å². The van der Waals surface area contributed by atoms with Crippen molar-refractivity contribution in [2.75, 3.05) is 31.1 Å². The summed E-state index contributed by atoms with van der Waals surface area (Å²) < 4.78 is 11.0. The summed E-state index contributed by atoms with van der Waals surface area (Å²) in [5.74, 6) is 0.593. The van der Waals surface area contributed by atoms with Crippen LogP contribution < -0.4 is 4.90 Å². The highest BCUT2D eigenvalue weighted by Gasteiger charge is 2.38. The van der Waals surface area contributed by atoms with Crippen molar-refractivity contribution >= 4 is 17.5 Å². The number of nitrogens with zero attached hydrogens (tertiary/aromatic N) is 3. The number of benzene rings is 1. The summed E-state index contributed by atoms with van der Waals surface area (Å²) in [4.78, 5) is 28.9. The number of piperidine rings is 1. The molecular formula is C20H23N3O4. The maximum Gasteiger partial charge on any atom is 0.276 e. The first kappa shape index (κ1) is 17.7. The van der Waals surface area contributed by atoms with E-state index in [0.717, 1.165) is 5.69 Å². The maximum absolute atomic E-state index is 12.8. The van der Waals surface area contributed by atoms with Crippen molar-refractivity contribution in [2.45, 2.75) is 25.9 Å². The molecule has 2 aliphatic heterocycles. The van der Waals surface area contributed by atoms with Crippen LogP contribution in [0.3, 0.4) is 0 Å². The van der Waals surface area contributed by atoms with E-state index in [-0.39, 0.29) is 30.4 Å². The second kappa shape index (κ2) is 7.52. The first-order valence-electron chi connectivity index (χ1n) is 9.37. The Bertz CT molecular complexity index is 820. The predicted molar refractivity (Wildman–Crippen MR) is 98.4 cm³/mol. The molecule has 0 spiro atoms. The van der Waals surface area contributed by atoms with Gasteiger partial charge in [0.15, 0.2) is 5.69 Å². The van der Waals surface area contributed by atoms with Crippen LogP contribution in [-0.4, -0.2) is 54.2 Å². The van der Waals surface area contributed by atoms with Crippen LogP contribution in [0.15, 0.2) is 40.9 Å². The number of likely N-dealkylation sites (tertiary alicyclic amines) is 1. The highest BCUT2D eigenvalue weighted by molar-refractivity contribution is 5.95. The minimum atomic E-state index is -0.126. The molecular weight excluding hydrogens is 346 g/mol. The fourth-order valence-electron chi connectivity index (χ4n) is 3.78. The van der Waals surface area contributed by atoms with Gasteiger partial charge in [-0.1, -0.05) is 30.3 Å². The van der Waals surface area contributed by atoms with Crippen molar-refractivity contribution in [3.05, 3.63) is 47.9 Å². The van der Waals surface area contributed by atoms with Gasteiger partial charge in [0, 0.05) is 43.7 Å². The minimum absolute atomic E-state index is 0.0183. The highest BCUT2D eigenvalue weighted by Crippen LogP contribution is 2.27. The quantitative estimate of drug-likeness (QED) is 0.828. The number of ether oxygens (including phenoxy) is 1. The van der Waals surface area contributed by atoms with E-state index in [2.05, 4.69) is 5.16 Å². The Hall–Kier alpha value is -2.67. The minimum Gasteiger partial charge on any atom is -0.368 e. The van der Waals surface area contributed by atoms with E-state index in [4.69, 9.17) is 9.26 Å². The smallest absolute Gasteiger partial charge is 0.276 e. The number of rotatable bonds is 3. The second-order valence-electron chi connectivity index (χ2n) is 7.02. The van der Waals surface area contributed by atoms with E-state index in [1.807, 2.05) is 37.3 Å². The summed E-state index contributed by atoms with van der Waals surface area (Å²) in [7, 11) is 0. The normalized spacial score (nSPS) is 23.1. The zero-order chi connectivity index (χ0) is 18.8. The van der Waals surface area contributed by atoms with Crippen molar-refractivity contribution in [2.24, 2.45) is 5.92 Å². The molecule has 1 aromatic heterocycles. The van der Waals surface area contributed by atoms with E-state index in [0.29, 0.717) is 43.9 Å². The Morgan fingerprint density at radius 3 is 2.81 bits per heavy atom. The van der Waals surface area contributed by atoms with Crippen molar-refractivity contribution in [3.63, 3.8) is 0 Å². The van der Waals surface area contributed by atoms with Gasteiger partial charge < -0.3 is 19.1 Å². The van der Waals surface area contributed by atoms with Crippen molar-refractivity contribution < 1.29 is 18.8 Å². The Balaban J connectivity index is 1.51. The number of fused-ring (bicyclic) bond motifs is 1. The van der Waals surface area contributed by atoms with Crippen LogP contribution in [0.25, 0.3) is 0 Å². The molecule has 2 saturated heterocycles. The highest BCUT2D eigenvalue weighted by atomic mass is 16.5. The fourth-order valence-corrected chi connectivity index (χ4v) is 3.78. The molecule has 0 saturated carbocycles. The van der Waals surface area contributed by atoms with Gasteiger partial charge >= 0.3 is 0 Å².